The highest BCUT2D eigenvalue weighted by Gasteiger charge is 2.58. The van der Waals surface area contributed by atoms with Gasteiger partial charge < -0.3 is 15.3 Å². The third-order valence-electron chi connectivity index (χ3n) is 5.02. The van der Waals surface area contributed by atoms with Gasteiger partial charge in [-0.1, -0.05) is 0 Å². The zero-order valence-electron chi connectivity index (χ0n) is 13.4. The van der Waals surface area contributed by atoms with Gasteiger partial charge in [-0.15, -0.1) is 0 Å². The molecule has 1 unspecified atom stereocenters. The van der Waals surface area contributed by atoms with Gasteiger partial charge in [-0.2, -0.15) is 4.79 Å². The number of nitrogens with one attached hydrogen (secondary N) is 1. The SMILES string of the molecule is CC(C)(C)[N+]1(C(=O)O)CCCC[C@@H]1C(=O)N1CCNCC1. The second-order valence-corrected chi connectivity index (χ2v) is 7.13. The highest BCUT2D eigenvalue weighted by molar-refractivity contribution is 5.82. The molecule has 2 rings (SSSR count). The number of carboxylic acid groups (broad SMARTS) is 1. The highest BCUT2D eigenvalue weighted by Crippen LogP contribution is 2.36. The van der Waals surface area contributed by atoms with E-state index in [0.717, 1.165) is 25.9 Å². The first-order chi connectivity index (χ1) is 9.80. The first-order valence-electron chi connectivity index (χ1n) is 7.91. The Hall–Kier alpha value is -1.14. The molecule has 2 N–H and O–H groups in total. The Balaban J connectivity index is 2.32. The van der Waals surface area contributed by atoms with Gasteiger partial charge in [-0.25, -0.2) is 4.48 Å². The Morgan fingerprint density at radius 2 is 1.81 bits per heavy atom. The van der Waals surface area contributed by atoms with E-state index in [-0.39, 0.29) is 10.4 Å². The predicted octanol–water partition coefficient (Wildman–Crippen LogP) is 1.26. The lowest BCUT2D eigenvalue weighted by atomic mass is 9.89. The standard InChI is InChI=1S/C15H27N3O3/c1-15(2,3)18(14(20)21)11-5-4-6-12(18)13(19)17-9-7-16-8-10-17/h12,16H,4-11H2,1-3H3/p+1/t12-,18?/m1/s1. The molecule has 0 aromatic rings. The molecule has 0 radical (unpaired) electrons. The molecule has 2 aliphatic heterocycles. The molecule has 2 heterocycles. The third kappa shape index (κ3) is 2.79. The van der Waals surface area contributed by atoms with Crippen LogP contribution in [0.5, 0.6) is 0 Å². The van der Waals surface area contributed by atoms with Gasteiger partial charge in [0.2, 0.25) is 0 Å². The van der Waals surface area contributed by atoms with Crippen molar-refractivity contribution in [1.29, 1.82) is 0 Å². The second kappa shape index (κ2) is 5.93. The minimum absolute atomic E-state index is 0.0218. The van der Waals surface area contributed by atoms with E-state index in [1.807, 2.05) is 25.7 Å². The summed E-state index contributed by atoms with van der Waals surface area (Å²) in [6.45, 7) is 9.29. The van der Waals surface area contributed by atoms with Crippen LogP contribution in [0.25, 0.3) is 0 Å². The normalized spacial score (nSPS) is 31.0. The van der Waals surface area contributed by atoms with Crippen LogP contribution in [0, 0.1) is 0 Å². The number of quaternary nitrogens is 1. The minimum Gasteiger partial charge on any atom is -0.435 e. The molecule has 0 saturated carbocycles. The first kappa shape index (κ1) is 16.2. The molecular weight excluding hydrogens is 270 g/mol. The lowest BCUT2D eigenvalue weighted by molar-refractivity contribution is -0.922. The zero-order valence-corrected chi connectivity index (χ0v) is 13.4. The molecule has 6 heteroatoms. The summed E-state index contributed by atoms with van der Waals surface area (Å²) in [5, 5.41) is 13.2. The fourth-order valence-corrected chi connectivity index (χ4v) is 3.80. The molecule has 2 atom stereocenters. The second-order valence-electron chi connectivity index (χ2n) is 7.13. The van der Waals surface area contributed by atoms with Crippen LogP contribution in [-0.4, -0.2) is 70.8 Å². The number of carbonyl (C=O) groups excluding carboxylic acids is 1. The van der Waals surface area contributed by atoms with Gasteiger partial charge >= 0.3 is 6.09 Å². The monoisotopic (exact) mass is 298 g/mol. The van der Waals surface area contributed by atoms with Crippen LogP contribution in [0.4, 0.5) is 4.79 Å². The maximum absolute atomic E-state index is 12.9. The van der Waals surface area contributed by atoms with E-state index in [2.05, 4.69) is 5.32 Å². The Morgan fingerprint density at radius 1 is 1.19 bits per heavy atom. The summed E-state index contributed by atoms with van der Waals surface area (Å²) in [7, 11) is 0. The smallest absolute Gasteiger partial charge is 0.435 e. The van der Waals surface area contributed by atoms with E-state index < -0.39 is 17.7 Å². The number of piperidine rings is 1. The van der Waals surface area contributed by atoms with Gasteiger partial charge in [-0.3, -0.25) is 4.79 Å². The fraction of sp³-hybridized carbons (Fsp3) is 0.867. The van der Waals surface area contributed by atoms with Crippen molar-refractivity contribution in [2.45, 2.75) is 51.6 Å². The first-order valence-corrected chi connectivity index (χ1v) is 7.91. The Morgan fingerprint density at radius 3 is 2.33 bits per heavy atom. The van der Waals surface area contributed by atoms with Crippen LogP contribution in [-0.2, 0) is 4.79 Å². The van der Waals surface area contributed by atoms with Gasteiger partial charge in [0.1, 0.15) is 5.54 Å². The Kier molecular flexibility index (Phi) is 4.58. The summed E-state index contributed by atoms with van der Waals surface area (Å²) < 4.78 is -0.129. The van der Waals surface area contributed by atoms with E-state index in [0.29, 0.717) is 26.1 Å². The average molecular weight is 298 g/mol. The average Bonchev–Trinajstić information content (AvgIpc) is 2.46. The molecule has 120 valence electrons. The molecule has 6 nitrogen and oxygen atoms in total. The molecule has 0 aromatic heterocycles. The largest absolute Gasteiger partial charge is 0.514 e. The molecule has 0 aliphatic carbocycles. The summed E-state index contributed by atoms with van der Waals surface area (Å²) >= 11 is 0. The van der Waals surface area contributed by atoms with E-state index >= 15 is 0 Å². The van der Waals surface area contributed by atoms with Crippen LogP contribution >= 0.6 is 0 Å². The van der Waals surface area contributed by atoms with E-state index in [9.17, 15) is 14.7 Å². The van der Waals surface area contributed by atoms with Crippen molar-refractivity contribution in [1.82, 2.24) is 10.2 Å². The lowest BCUT2D eigenvalue weighted by Crippen LogP contribution is -2.73. The molecule has 2 aliphatic rings. The van der Waals surface area contributed by atoms with E-state index in [1.165, 1.54) is 0 Å². The van der Waals surface area contributed by atoms with Crippen LogP contribution < -0.4 is 5.32 Å². The van der Waals surface area contributed by atoms with Crippen molar-refractivity contribution < 1.29 is 19.2 Å². The number of carbonyl (C=O) groups is 2. The Bertz CT molecular complexity index is 413. The lowest BCUT2D eigenvalue weighted by Gasteiger charge is -2.51. The number of likely N-dealkylation sites (tertiary alicyclic amines) is 1. The fourth-order valence-electron chi connectivity index (χ4n) is 3.80. The topological polar surface area (TPSA) is 69.6 Å². The highest BCUT2D eigenvalue weighted by atomic mass is 16.4. The summed E-state index contributed by atoms with van der Waals surface area (Å²) in [5.74, 6) is 0.0218. The molecule has 0 spiro atoms. The van der Waals surface area contributed by atoms with Gasteiger partial charge in [0.05, 0.1) is 6.54 Å². The molecule has 2 saturated heterocycles. The maximum atomic E-state index is 12.9. The number of rotatable bonds is 1. The molecular formula is C15H28N3O3+. The molecule has 2 amide bonds. The molecule has 2 fully saturated rings. The van der Waals surface area contributed by atoms with Crippen LogP contribution in [0.1, 0.15) is 40.0 Å². The van der Waals surface area contributed by atoms with Crippen LogP contribution in [0.3, 0.4) is 0 Å². The number of hydrogen-bond acceptors (Lipinski definition) is 3. The van der Waals surface area contributed by atoms with Crippen molar-refractivity contribution >= 4 is 12.0 Å². The van der Waals surface area contributed by atoms with Crippen molar-refractivity contribution in [2.75, 3.05) is 32.7 Å². The van der Waals surface area contributed by atoms with Crippen molar-refractivity contribution in [3.63, 3.8) is 0 Å². The number of amides is 2. The number of nitrogens with zero attached hydrogens (tertiary/aromatic N) is 2. The summed E-state index contributed by atoms with van der Waals surface area (Å²) in [6, 6.07) is -0.450. The number of piperazine rings is 1. The van der Waals surface area contributed by atoms with Gasteiger partial charge in [0.25, 0.3) is 5.91 Å². The maximum Gasteiger partial charge on any atom is 0.514 e. The number of hydrogen-bond donors (Lipinski definition) is 2. The summed E-state index contributed by atoms with van der Waals surface area (Å²) in [6.07, 6.45) is 1.61. The van der Waals surface area contributed by atoms with Crippen molar-refractivity contribution in [3.8, 4) is 0 Å². The Labute approximate surface area is 126 Å². The minimum atomic E-state index is -0.865. The quantitative estimate of drug-likeness (QED) is 0.715. The summed E-state index contributed by atoms with van der Waals surface area (Å²) in [4.78, 5) is 26.9. The predicted molar refractivity (Wildman–Crippen MR) is 80.0 cm³/mol. The van der Waals surface area contributed by atoms with Gasteiger partial charge in [-0.05, 0) is 33.6 Å². The van der Waals surface area contributed by atoms with Gasteiger partial charge in [0, 0.05) is 32.6 Å². The van der Waals surface area contributed by atoms with Crippen molar-refractivity contribution in [3.05, 3.63) is 0 Å². The van der Waals surface area contributed by atoms with E-state index in [1.54, 1.807) is 0 Å². The molecule has 0 aromatic carbocycles. The summed E-state index contributed by atoms with van der Waals surface area (Å²) in [5.41, 5.74) is -0.485. The zero-order chi connectivity index (χ0) is 15.7. The van der Waals surface area contributed by atoms with E-state index in [4.69, 9.17) is 0 Å². The van der Waals surface area contributed by atoms with Crippen LogP contribution in [0.2, 0.25) is 0 Å². The molecule has 21 heavy (non-hydrogen) atoms. The van der Waals surface area contributed by atoms with Crippen molar-refractivity contribution in [2.24, 2.45) is 0 Å². The van der Waals surface area contributed by atoms with Crippen LogP contribution in [0.15, 0.2) is 0 Å². The van der Waals surface area contributed by atoms with Gasteiger partial charge in [0.15, 0.2) is 6.04 Å². The molecule has 0 bridgehead atoms. The third-order valence-corrected chi connectivity index (χ3v) is 5.02.